The molecule has 0 radical (unpaired) electrons. The minimum absolute atomic E-state index is 0.130. The molecule has 3 nitrogen and oxygen atoms in total. The lowest BCUT2D eigenvalue weighted by molar-refractivity contribution is 0.424. The maximum Gasteiger partial charge on any atom is 0.112 e. The van der Waals surface area contributed by atoms with Crippen molar-refractivity contribution in [1.82, 2.24) is 14.9 Å². The topological polar surface area (TPSA) is 29.9 Å². The Balaban J connectivity index is 2.22. The molecule has 0 fully saturated rings. The van der Waals surface area contributed by atoms with E-state index in [0.29, 0.717) is 0 Å². The number of benzene rings is 1. The van der Waals surface area contributed by atoms with E-state index in [1.54, 1.807) is 0 Å². The molecule has 0 bridgehead atoms. The van der Waals surface area contributed by atoms with Crippen molar-refractivity contribution in [3.8, 4) is 5.69 Å². The fourth-order valence-corrected chi connectivity index (χ4v) is 2.66. The average molecular weight is 336 g/mol. The van der Waals surface area contributed by atoms with Gasteiger partial charge in [0.25, 0.3) is 0 Å². The molecule has 1 aromatic carbocycles. The van der Waals surface area contributed by atoms with Crippen molar-refractivity contribution in [2.24, 2.45) is 0 Å². The van der Waals surface area contributed by atoms with Gasteiger partial charge in [0, 0.05) is 35.4 Å². The van der Waals surface area contributed by atoms with Crippen LogP contribution in [0.3, 0.4) is 0 Å². The number of nitrogens with one attached hydrogen (secondary N) is 1. The van der Waals surface area contributed by atoms with Crippen LogP contribution in [0.1, 0.15) is 39.1 Å². The average Bonchev–Trinajstić information content (AvgIpc) is 2.83. The maximum absolute atomic E-state index is 4.37. The van der Waals surface area contributed by atoms with Gasteiger partial charge in [-0.1, -0.05) is 13.0 Å². The van der Waals surface area contributed by atoms with E-state index < -0.39 is 0 Å². The summed E-state index contributed by atoms with van der Waals surface area (Å²) in [6.45, 7) is 9.52. The number of imidazole rings is 1. The zero-order valence-corrected chi connectivity index (χ0v) is 14.2. The van der Waals surface area contributed by atoms with Crippen molar-refractivity contribution in [3.05, 3.63) is 46.5 Å². The van der Waals surface area contributed by atoms with Crippen LogP contribution >= 0.6 is 15.9 Å². The summed E-state index contributed by atoms with van der Waals surface area (Å²) in [5.74, 6) is 1.08. The second kappa shape index (κ2) is 6.10. The van der Waals surface area contributed by atoms with Gasteiger partial charge in [0.2, 0.25) is 0 Å². The standard InChI is InChI=1S/C16H22BrN3/c1-5-15-18-8-9-20(15)14-7-6-12(10-13(14)17)11-19-16(2,3)4/h6-10,19H,5,11H2,1-4H3. The third kappa shape index (κ3) is 3.70. The lowest BCUT2D eigenvalue weighted by Crippen LogP contribution is -2.35. The van der Waals surface area contributed by atoms with Gasteiger partial charge in [-0.2, -0.15) is 0 Å². The number of aromatic nitrogens is 2. The number of halogens is 1. The van der Waals surface area contributed by atoms with Crippen LogP contribution in [0.25, 0.3) is 5.69 Å². The molecule has 1 heterocycles. The highest BCUT2D eigenvalue weighted by Gasteiger charge is 2.10. The minimum Gasteiger partial charge on any atom is -0.308 e. The molecule has 0 aliphatic heterocycles. The molecule has 108 valence electrons. The zero-order valence-electron chi connectivity index (χ0n) is 12.6. The van der Waals surface area contributed by atoms with Gasteiger partial charge in [0.15, 0.2) is 0 Å². The van der Waals surface area contributed by atoms with E-state index in [9.17, 15) is 0 Å². The number of hydrogen-bond donors (Lipinski definition) is 1. The Hall–Kier alpha value is -1.13. The summed E-state index contributed by atoms with van der Waals surface area (Å²) in [5.41, 5.74) is 2.54. The molecule has 0 saturated carbocycles. The summed E-state index contributed by atoms with van der Waals surface area (Å²) in [5, 5.41) is 3.50. The first kappa shape index (κ1) is 15.3. The van der Waals surface area contributed by atoms with Gasteiger partial charge in [0.1, 0.15) is 5.82 Å². The molecular weight excluding hydrogens is 314 g/mol. The van der Waals surface area contributed by atoms with Gasteiger partial charge in [-0.05, 0) is 54.4 Å². The number of aryl methyl sites for hydroxylation is 1. The Labute approximate surface area is 129 Å². The molecule has 0 unspecified atom stereocenters. The van der Waals surface area contributed by atoms with Crippen LogP contribution in [0.15, 0.2) is 35.1 Å². The SMILES string of the molecule is CCc1nccn1-c1ccc(CNC(C)(C)C)cc1Br. The van der Waals surface area contributed by atoms with E-state index in [0.717, 1.165) is 29.0 Å². The van der Waals surface area contributed by atoms with Crippen LogP contribution in [-0.4, -0.2) is 15.1 Å². The molecule has 2 aromatic rings. The van der Waals surface area contributed by atoms with E-state index in [4.69, 9.17) is 0 Å². The molecule has 0 aliphatic carbocycles. The van der Waals surface area contributed by atoms with E-state index in [-0.39, 0.29) is 5.54 Å². The van der Waals surface area contributed by atoms with Gasteiger partial charge in [-0.25, -0.2) is 4.98 Å². The largest absolute Gasteiger partial charge is 0.308 e. The molecule has 1 N–H and O–H groups in total. The van der Waals surface area contributed by atoms with Crippen molar-refractivity contribution >= 4 is 15.9 Å². The number of nitrogens with zero attached hydrogens (tertiary/aromatic N) is 2. The molecule has 1 aromatic heterocycles. The molecule has 0 saturated heterocycles. The first-order chi connectivity index (χ1) is 9.40. The molecule has 0 spiro atoms. The summed E-state index contributed by atoms with van der Waals surface area (Å²) in [6, 6.07) is 6.48. The molecule has 4 heteroatoms. The van der Waals surface area contributed by atoms with Gasteiger partial charge in [-0.15, -0.1) is 0 Å². The fourth-order valence-electron chi connectivity index (χ4n) is 2.04. The van der Waals surface area contributed by atoms with Crippen LogP contribution in [0.2, 0.25) is 0 Å². The van der Waals surface area contributed by atoms with Crippen LogP contribution in [0, 0.1) is 0 Å². The van der Waals surface area contributed by atoms with Gasteiger partial charge in [0.05, 0.1) is 5.69 Å². The minimum atomic E-state index is 0.130. The smallest absolute Gasteiger partial charge is 0.112 e. The quantitative estimate of drug-likeness (QED) is 0.912. The molecular formula is C16H22BrN3. The van der Waals surface area contributed by atoms with Crippen molar-refractivity contribution in [1.29, 1.82) is 0 Å². The third-order valence-corrected chi connectivity index (χ3v) is 3.76. The highest BCUT2D eigenvalue weighted by Crippen LogP contribution is 2.24. The second-order valence-corrected chi connectivity index (χ2v) is 6.81. The molecule has 2 rings (SSSR count). The van der Waals surface area contributed by atoms with Gasteiger partial charge in [-0.3, -0.25) is 0 Å². The highest BCUT2D eigenvalue weighted by molar-refractivity contribution is 9.10. The molecule has 20 heavy (non-hydrogen) atoms. The van der Waals surface area contributed by atoms with Crippen molar-refractivity contribution in [2.75, 3.05) is 0 Å². The van der Waals surface area contributed by atoms with Crippen molar-refractivity contribution in [2.45, 2.75) is 46.2 Å². The highest BCUT2D eigenvalue weighted by atomic mass is 79.9. The number of hydrogen-bond acceptors (Lipinski definition) is 2. The third-order valence-electron chi connectivity index (χ3n) is 3.13. The van der Waals surface area contributed by atoms with Gasteiger partial charge < -0.3 is 9.88 Å². The van der Waals surface area contributed by atoms with Crippen molar-refractivity contribution < 1.29 is 0 Å². The Morgan fingerprint density at radius 2 is 2.05 bits per heavy atom. The summed E-state index contributed by atoms with van der Waals surface area (Å²) >= 11 is 3.68. The normalized spacial score (nSPS) is 11.8. The molecule has 0 aliphatic rings. The lowest BCUT2D eigenvalue weighted by atomic mass is 10.1. The summed E-state index contributed by atoms with van der Waals surface area (Å²) in [6.07, 6.45) is 4.78. The molecule has 0 amide bonds. The summed E-state index contributed by atoms with van der Waals surface area (Å²) < 4.78 is 3.23. The second-order valence-electron chi connectivity index (χ2n) is 5.96. The van der Waals surface area contributed by atoms with Crippen LogP contribution in [0.5, 0.6) is 0 Å². The van der Waals surface area contributed by atoms with Crippen LogP contribution in [-0.2, 0) is 13.0 Å². The first-order valence-electron chi connectivity index (χ1n) is 6.97. The predicted octanol–water partition coefficient (Wildman–Crippen LogP) is 4.09. The Morgan fingerprint density at radius 3 is 2.65 bits per heavy atom. The van der Waals surface area contributed by atoms with E-state index in [1.165, 1.54) is 5.56 Å². The van der Waals surface area contributed by atoms with Gasteiger partial charge >= 0.3 is 0 Å². The Kier molecular flexibility index (Phi) is 4.66. The fraction of sp³-hybridized carbons (Fsp3) is 0.438. The van der Waals surface area contributed by atoms with E-state index >= 15 is 0 Å². The maximum atomic E-state index is 4.37. The van der Waals surface area contributed by atoms with Crippen molar-refractivity contribution in [3.63, 3.8) is 0 Å². The lowest BCUT2D eigenvalue weighted by Gasteiger charge is -2.21. The summed E-state index contributed by atoms with van der Waals surface area (Å²) in [7, 11) is 0. The number of rotatable bonds is 4. The summed E-state index contributed by atoms with van der Waals surface area (Å²) in [4.78, 5) is 4.37. The van der Waals surface area contributed by atoms with Crippen LogP contribution in [0.4, 0.5) is 0 Å². The zero-order chi connectivity index (χ0) is 14.8. The Bertz CT molecular complexity index is 582. The predicted molar refractivity (Wildman–Crippen MR) is 87.2 cm³/mol. The van der Waals surface area contributed by atoms with Crippen LogP contribution < -0.4 is 5.32 Å². The Morgan fingerprint density at radius 1 is 1.30 bits per heavy atom. The monoisotopic (exact) mass is 335 g/mol. The molecule has 0 atom stereocenters. The van der Waals surface area contributed by atoms with E-state index in [1.807, 2.05) is 12.4 Å². The first-order valence-corrected chi connectivity index (χ1v) is 7.76. The van der Waals surface area contributed by atoms with E-state index in [2.05, 4.69) is 76.7 Å².